The lowest BCUT2D eigenvalue weighted by molar-refractivity contribution is 0.140. The van der Waals surface area contributed by atoms with Gasteiger partial charge in [0.2, 0.25) is 0 Å². The number of benzene rings is 1. The Kier molecular flexibility index (Phi) is 1.72. The fourth-order valence-corrected chi connectivity index (χ4v) is 2.92. The van der Waals surface area contributed by atoms with Crippen molar-refractivity contribution in [1.29, 1.82) is 0 Å². The predicted octanol–water partition coefficient (Wildman–Crippen LogP) is 2.83. The van der Waals surface area contributed by atoms with Crippen LogP contribution < -0.4 is 0 Å². The van der Waals surface area contributed by atoms with E-state index in [-0.39, 0.29) is 0 Å². The van der Waals surface area contributed by atoms with E-state index in [1.165, 1.54) is 12.0 Å². The lowest BCUT2D eigenvalue weighted by atomic mass is 9.84. The van der Waals surface area contributed by atoms with E-state index in [2.05, 4.69) is 37.3 Å². The Morgan fingerprint density at radius 1 is 1.36 bits per heavy atom. The molecule has 1 heteroatoms. The molecule has 1 nitrogen and oxygen atoms in total. The van der Waals surface area contributed by atoms with Crippen molar-refractivity contribution in [2.45, 2.75) is 19.3 Å². The first-order chi connectivity index (χ1) is 6.83. The molecule has 3 atom stereocenters. The van der Waals surface area contributed by atoms with Crippen molar-refractivity contribution in [1.82, 2.24) is 0 Å². The van der Waals surface area contributed by atoms with E-state index in [4.69, 9.17) is 4.74 Å². The van der Waals surface area contributed by atoms with Gasteiger partial charge in [0.05, 0.1) is 13.2 Å². The topological polar surface area (TPSA) is 9.23 Å². The normalized spacial score (nSPS) is 36.5. The minimum absolute atomic E-state index is 0.501. The molecule has 1 aromatic rings. The van der Waals surface area contributed by atoms with Gasteiger partial charge in [0, 0.05) is 5.41 Å². The quantitative estimate of drug-likeness (QED) is 0.693. The summed E-state index contributed by atoms with van der Waals surface area (Å²) in [5.41, 5.74) is 1.97. The third kappa shape index (κ3) is 1.05. The molecule has 0 amide bonds. The lowest BCUT2D eigenvalue weighted by Crippen LogP contribution is -2.14. The molecule has 1 unspecified atom stereocenters. The first kappa shape index (κ1) is 8.49. The van der Waals surface area contributed by atoms with E-state index in [1.807, 2.05) is 0 Å². The molecule has 0 radical (unpaired) electrons. The van der Waals surface area contributed by atoms with Crippen LogP contribution in [0.1, 0.15) is 24.8 Å². The summed E-state index contributed by atoms with van der Waals surface area (Å²) in [7, 11) is 0. The van der Waals surface area contributed by atoms with Crippen LogP contribution in [0.15, 0.2) is 30.3 Å². The Morgan fingerprint density at radius 2 is 2.14 bits per heavy atom. The van der Waals surface area contributed by atoms with Gasteiger partial charge >= 0.3 is 0 Å². The number of hydrogen-bond donors (Lipinski definition) is 0. The van der Waals surface area contributed by atoms with Crippen LogP contribution in [0.4, 0.5) is 0 Å². The van der Waals surface area contributed by atoms with Crippen molar-refractivity contribution < 1.29 is 4.74 Å². The highest BCUT2D eigenvalue weighted by Crippen LogP contribution is 2.64. The molecule has 3 rings (SSSR count). The minimum Gasteiger partial charge on any atom is -0.381 e. The van der Waals surface area contributed by atoms with Crippen molar-refractivity contribution in [2.24, 2.45) is 11.3 Å². The summed E-state index contributed by atoms with van der Waals surface area (Å²) in [6.45, 7) is 4.33. The van der Waals surface area contributed by atoms with E-state index in [1.54, 1.807) is 0 Å². The zero-order chi connectivity index (χ0) is 9.60. The number of rotatable bonds is 2. The summed E-state index contributed by atoms with van der Waals surface area (Å²) in [6, 6.07) is 10.8. The van der Waals surface area contributed by atoms with Gasteiger partial charge < -0.3 is 4.74 Å². The SMILES string of the molecule is CC(c1ccccc1)[C@@]12COC[C@@H]1C2. The molecule has 1 saturated carbocycles. The Labute approximate surface area is 85.1 Å². The second-order valence-corrected chi connectivity index (χ2v) is 4.78. The van der Waals surface area contributed by atoms with Crippen LogP contribution in [0, 0.1) is 11.3 Å². The second kappa shape index (κ2) is 2.83. The van der Waals surface area contributed by atoms with Crippen LogP contribution in [-0.4, -0.2) is 13.2 Å². The van der Waals surface area contributed by atoms with E-state index < -0.39 is 0 Å². The molecule has 1 heterocycles. The van der Waals surface area contributed by atoms with Crippen molar-refractivity contribution in [2.75, 3.05) is 13.2 Å². The van der Waals surface area contributed by atoms with Gasteiger partial charge in [-0.15, -0.1) is 0 Å². The molecule has 14 heavy (non-hydrogen) atoms. The molecule has 1 aliphatic heterocycles. The van der Waals surface area contributed by atoms with Crippen molar-refractivity contribution >= 4 is 0 Å². The Morgan fingerprint density at radius 3 is 2.71 bits per heavy atom. The molecule has 0 bridgehead atoms. The summed E-state index contributed by atoms with van der Waals surface area (Å²) in [5.74, 6) is 1.51. The maximum absolute atomic E-state index is 5.55. The highest BCUT2D eigenvalue weighted by atomic mass is 16.5. The van der Waals surface area contributed by atoms with E-state index in [0.29, 0.717) is 11.3 Å². The summed E-state index contributed by atoms with van der Waals surface area (Å²) in [4.78, 5) is 0. The van der Waals surface area contributed by atoms with Crippen LogP contribution in [0.25, 0.3) is 0 Å². The highest BCUT2D eigenvalue weighted by Gasteiger charge is 2.61. The zero-order valence-electron chi connectivity index (χ0n) is 8.57. The maximum Gasteiger partial charge on any atom is 0.0531 e. The average molecular weight is 188 g/mol. The van der Waals surface area contributed by atoms with Crippen molar-refractivity contribution in [3.8, 4) is 0 Å². The molecule has 1 aromatic carbocycles. The summed E-state index contributed by atoms with van der Waals surface area (Å²) in [5, 5.41) is 0. The number of hydrogen-bond acceptors (Lipinski definition) is 1. The first-order valence-electron chi connectivity index (χ1n) is 5.46. The molecule has 1 aliphatic carbocycles. The Hall–Kier alpha value is -0.820. The van der Waals surface area contributed by atoms with E-state index >= 15 is 0 Å². The predicted molar refractivity (Wildman–Crippen MR) is 56.2 cm³/mol. The highest BCUT2D eigenvalue weighted by molar-refractivity contribution is 5.26. The van der Waals surface area contributed by atoms with Gasteiger partial charge in [-0.3, -0.25) is 0 Å². The molecule has 0 aromatic heterocycles. The average Bonchev–Trinajstić information content (AvgIpc) is 2.82. The van der Waals surface area contributed by atoms with Crippen LogP contribution >= 0.6 is 0 Å². The van der Waals surface area contributed by atoms with Crippen molar-refractivity contribution in [3.05, 3.63) is 35.9 Å². The number of ether oxygens (including phenoxy) is 1. The largest absolute Gasteiger partial charge is 0.381 e. The zero-order valence-corrected chi connectivity index (χ0v) is 8.57. The Balaban J connectivity index is 1.87. The maximum atomic E-state index is 5.55. The fraction of sp³-hybridized carbons (Fsp3) is 0.538. The van der Waals surface area contributed by atoms with Gasteiger partial charge in [0.25, 0.3) is 0 Å². The van der Waals surface area contributed by atoms with Gasteiger partial charge in [0.15, 0.2) is 0 Å². The van der Waals surface area contributed by atoms with Gasteiger partial charge in [-0.1, -0.05) is 37.3 Å². The summed E-state index contributed by atoms with van der Waals surface area (Å²) >= 11 is 0. The van der Waals surface area contributed by atoms with Gasteiger partial charge in [-0.25, -0.2) is 0 Å². The molecule has 74 valence electrons. The smallest absolute Gasteiger partial charge is 0.0531 e. The monoisotopic (exact) mass is 188 g/mol. The molecular weight excluding hydrogens is 172 g/mol. The Bertz CT molecular complexity index is 332. The van der Waals surface area contributed by atoms with E-state index in [9.17, 15) is 0 Å². The summed E-state index contributed by atoms with van der Waals surface area (Å²) in [6.07, 6.45) is 1.38. The molecule has 2 aliphatic rings. The van der Waals surface area contributed by atoms with Gasteiger partial charge in [-0.05, 0) is 23.8 Å². The molecule has 0 spiro atoms. The first-order valence-corrected chi connectivity index (χ1v) is 5.46. The second-order valence-electron chi connectivity index (χ2n) is 4.78. The molecule has 2 fully saturated rings. The third-order valence-corrected chi connectivity index (χ3v) is 4.13. The fourth-order valence-electron chi connectivity index (χ4n) is 2.92. The van der Waals surface area contributed by atoms with Gasteiger partial charge in [-0.2, -0.15) is 0 Å². The minimum atomic E-state index is 0.501. The standard InChI is InChI=1S/C13H16O/c1-10(11-5-3-2-4-6-11)13-7-12(13)8-14-9-13/h2-6,10,12H,7-9H2,1H3/t10?,12-,13+/m0/s1. The molecule has 0 N–H and O–H groups in total. The summed E-state index contributed by atoms with van der Waals surface area (Å²) < 4.78 is 5.55. The molecular formula is C13H16O. The lowest BCUT2D eigenvalue weighted by Gasteiger charge is -2.20. The van der Waals surface area contributed by atoms with Gasteiger partial charge in [0.1, 0.15) is 0 Å². The number of fused-ring (bicyclic) bond motifs is 1. The van der Waals surface area contributed by atoms with E-state index in [0.717, 1.165) is 19.1 Å². The van der Waals surface area contributed by atoms with Crippen molar-refractivity contribution in [3.63, 3.8) is 0 Å². The van der Waals surface area contributed by atoms with Crippen LogP contribution in [0.2, 0.25) is 0 Å². The van der Waals surface area contributed by atoms with Crippen LogP contribution in [0.5, 0.6) is 0 Å². The van der Waals surface area contributed by atoms with Crippen LogP contribution in [-0.2, 0) is 4.74 Å². The van der Waals surface area contributed by atoms with Crippen LogP contribution in [0.3, 0.4) is 0 Å². The third-order valence-electron chi connectivity index (χ3n) is 4.13. The molecule has 1 saturated heterocycles.